The highest BCUT2D eigenvalue weighted by molar-refractivity contribution is 7.92. The van der Waals surface area contributed by atoms with Crippen LogP contribution in [0.2, 0.25) is 0 Å². The molecular formula is C21H18N6O3S. The van der Waals surface area contributed by atoms with Gasteiger partial charge in [-0.15, -0.1) is 10.2 Å². The van der Waals surface area contributed by atoms with Crippen molar-refractivity contribution in [2.45, 2.75) is 11.8 Å². The Morgan fingerprint density at radius 3 is 2.35 bits per heavy atom. The van der Waals surface area contributed by atoms with Crippen molar-refractivity contribution in [3.05, 3.63) is 84.7 Å². The van der Waals surface area contributed by atoms with E-state index in [-0.39, 0.29) is 10.7 Å². The monoisotopic (exact) mass is 434 g/mol. The molecule has 0 atom stereocenters. The molecule has 0 bridgehead atoms. The van der Waals surface area contributed by atoms with Crippen LogP contribution in [0.5, 0.6) is 0 Å². The molecule has 4 aromatic rings. The number of rotatable bonds is 7. The summed E-state index contributed by atoms with van der Waals surface area (Å²) in [5, 5.41) is 15.4. The van der Waals surface area contributed by atoms with Crippen molar-refractivity contribution >= 4 is 33.0 Å². The molecule has 4 rings (SSSR count). The Hall–Kier alpha value is -4.05. The molecule has 0 aliphatic carbocycles. The number of nitrogens with zero attached hydrogens (tertiary/aromatic N) is 4. The second-order valence-corrected chi connectivity index (χ2v) is 8.30. The second-order valence-electron chi connectivity index (χ2n) is 6.62. The van der Waals surface area contributed by atoms with E-state index in [1.807, 2.05) is 0 Å². The number of hydrogen-bond acceptors (Lipinski definition) is 7. The molecule has 0 radical (unpaired) electrons. The third-order valence-electron chi connectivity index (χ3n) is 4.35. The number of aromatic nitrogens is 4. The molecule has 0 saturated carbocycles. The van der Waals surface area contributed by atoms with Crippen molar-refractivity contribution in [2.24, 2.45) is 0 Å². The minimum Gasteiger partial charge on any atom is -0.339 e. The number of carbonyl (C=O) groups is 1. The lowest BCUT2D eigenvalue weighted by Crippen LogP contribution is -2.13. The Labute approximate surface area is 178 Å². The Balaban J connectivity index is 1.44. The molecule has 0 unspecified atom stereocenters. The summed E-state index contributed by atoms with van der Waals surface area (Å²) < 4.78 is 29.3. The van der Waals surface area contributed by atoms with Gasteiger partial charge < -0.3 is 5.32 Å². The van der Waals surface area contributed by atoms with Gasteiger partial charge in [-0.3, -0.25) is 9.52 Å². The maximum Gasteiger partial charge on any atom is 0.261 e. The number of ketones is 1. The molecule has 0 aliphatic heterocycles. The van der Waals surface area contributed by atoms with Crippen LogP contribution in [0.3, 0.4) is 0 Å². The highest BCUT2D eigenvalue weighted by Crippen LogP contribution is 2.21. The van der Waals surface area contributed by atoms with Gasteiger partial charge in [0.2, 0.25) is 0 Å². The van der Waals surface area contributed by atoms with Gasteiger partial charge in [0.25, 0.3) is 10.0 Å². The Kier molecular flexibility index (Phi) is 5.46. The summed E-state index contributed by atoms with van der Waals surface area (Å²) >= 11 is 0. The molecule has 0 saturated heterocycles. The predicted molar refractivity (Wildman–Crippen MR) is 116 cm³/mol. The number of anilines is 3. The Morgan fingerprint density at radius 2 is 1.71 bits per heavy atom. The van der Waals surface area contributed by atoms with Crippen LogP contribution in [0.25, 0.3) is 5.82 Å². The molecule has 2 heterocycles. The van der Waals surface area contributed by atoms with Crippen molar-refractivity contribution in [2.75, 3.05) is 10.0 Å². The summed E-state index contributed by atoms with van der Waals surface area (Å²) in [6.45, 7) is 1.39. The number of benzene rings is 2. The third kappa shape index (κ3) is 4.75. The van der Waals surface area contributed by atoms with Crippen molar-refractivity contribution in [3.63, 3.8) is 0 Å². The summed E-state index contributed by atoms with van der Waals surface area (Å²) in [7, 11) is -3.82. The number of nitrogens with one attached hydrogen (secondary N) is 2. The quantitative estimate of drug-likeness (QED) is 0.428. The van der Waals surface area contributed by atoms with E-state index in [4.69, 9.17) is 0 Å². The van der Waals surface area contributed by atoms with Crippen molar-refractivity contribution in [1.29, 1.82) is 0 Å². The van der Waals surface area contributed by atoms with Crippen molar-refractivity contribution < 1.29 is 13.2 Å². The van der Waals surface area contributed by atoms with E-state index in [1.54, 1.807) is 65.6 Å². The molecule has 0 aliphatic rings. The van der Waals surface area contributed by atoms with E-state index in [9.17, 15) is 13.2 Å². The van der Waals surface area contributed by atoms with E-state index in [0.717, 1.165) is 0 Å². The first-order valence-electron chi connectivity index (χ1n) is 9.25. The molecule has 0 fully saturated rings. The van der Waals surface area contributed by atoms with Crippen LogP contribution >= 0.6 is 0 Å². The first-order chi connectivity index (χ1) is 14.9. The highest BCUT2D eigenvalue weighted by Gasteiger charge is 2.15. The van der Waals surface area contributed by atoms with Crippen LogP contribution in [-0.2, 0) is 10.0 Å². The van der Waals surface area contributed by atoms with Gasteiger partial charge in [0, 0.05) is 29.3 Å². The average molecular weight is 434 g/mol. The maximum absolute atomic E-state index is 12.6. The van der Waals surface area contributed by atoms with Crippen LogP contribution < -0.4 is 10.0 Å². The van der Waals surface area contributed by atoms with E-state index in [2.05, 4.69) is 25.3 Å². The zero-order valence-corrected chi connectivity index (χ0v) is 17.2. The first kappa shape index (κ1) is 20.2. The molecule has 10 heteroatoms. The van der Waals surface area contributed by atoms with Crippen LogP contribution in [0, 0.1) is 0 Å². The lowest BCUT2D eigenvalue weighted by molar-refractivity contribution is 0.101. The Morgan fingerprint density at radius 1 is 0.935 bits per heavy atom. The first-order valence-corrected chi connectivity index (χ1v) is 10.7. The summed E-state index contributed by atoms with van der Waals surface area (Å²) in [5.41, 5.74) is 1.43. The van der Waals surface area contributed by atoms with Crippen LogP contribution in [0.1, 0.15) is 17.3 Å². The van der Waals surface area contributed by atoms with E-state index in [1.165, 1.54) is 25.1 Å². The number of hydrogen-bond donors (Lipinski definition) is 2. The lowest BCUT2D eigenvalue weighted by Gasteiger charge is -2.10. The lowest BCUT2D eigenvalue weighted by atomic mass is 10.2. The van der Waals surface area contributed by atoms with Gasteiger partial charge in [-0.2, -0.15) is 5.10 Å². The van der Waals surface area contributed by atoms with Gasteiger partial charge in [0.05, 0.1) is 4.90 Å². The smallest absolute Gasteiger partial charge is 0.261 e. The summed E-state index contributed by atoms with van der Waals surface area (Å²) in [6.07, 6.45) is 3.43. The van der Waals surface area contributed by atoms with Gasteiger partial charge in [0.1, 0.15) is 0 Å². The molecule has 2 aromatic heterocycles. The highest BCUT2D eigenvalue weighted by atomic mass is 32.2. The molecular weight excluding hydrogens is 416 g/mol. The molecule has 0 spiro atoms. The van der Waals surface area contributed by atoms with Gasteiger partial charge in [-0.05, 0) is 61.5 Å². The average Bonchev–Trinajstić information content (AvgIpc) is 3.30. The minimum absolute atomic E-state index is 0.0231. The van der Waals surface area contributed by atoms with Crippen molar-refractivity contribution in [3.8, 4) is 5.82 Å². The second kappa shape index (κ2) is 8.36. The molecule has 2 N–H and O–H groups in total. The number of sulfonamides is 1. The predicted octanol–water partition coefficient (Wildman–Crippen LogP) is 3.41. The summed E-state index contributed by atoms with van der Waals surface area (Å²) in [5.74, 6) is 0.924. The molecule has 31 heavy (non-hydrogen) atoms. The molecule has 2 aromatic carbocycles. The summed E-state index contributed by atoms with van der Waals surface area (Å²) in [4.78, 5) is 11.5. The molecule has 0 amide bonds. The van der Waals surface area contributed by atoms with E-state index >= 15 is 0 Å². The fraction of sp³-hybridized carbons (Fsp3) is 0.0476. The van der Waals surface area contributed by atoms with Gasteiger partial charge in [-0.25, -0.2) is 13.1 Å². The standard InChI is InChI=1S/C21H18N6O3S/c1-15(28)16-4-2-5-19(14-16)31(29,30)26-18-8-6-17(7-9-18)23-20-10-11-21(25-24-20)27-13-3-12-22-27/h2-14,26H,1H3,(H,23,24). The summed E-state index contributed by atoms with van der Waals surface area (Å²) in [6, 6.07) is 17.9. The SMILES string of the molecule is CC(=O)c1cccc(S(=O)(=O)Nc2ccc(Nc3ccc(-n4cccn4)nn3)cc2)c1. The fourth-order valence-corrected chi connectivity index (χ4v) is 3.89. The third-order valence-corrected chi connectivity index (χ3v) is 5.73. The number of Topliss-reactive ketones (excluding diaryl/α,β-unsaturated/α-hetero) is 1. The molecule has 9 nitrogen and oxygen atoms in total. The largest absolute Gasteiger partial charge is 0.339 e. The topological polar surface area (TPSA) is 119 Å². The van der Waals surface area contributed by atoms with Gasteiger partial charge in [0.15, 0.2) is 17.4 Å². The van der Waals surface area contributed by atoms with E-state index < -0.39 is 10.0 Å². The maximum atomic E-state index is 12.6. The van der Waals surface area contributed by atoms with E-state index in [0.29, 0.717) is 28.6 Å². The van der Waals surface area contributed by atoms with Crippen molar-refractivity contribution in [1.82, 2.24) is 20.0 Å². The van der Waals surface area contributed by atoms with Gasteiger partial charge in [-0.1, -0.05) is 12.1 Å². The van der Waals surface area contributed by atoms with Crippen LogP contribution in [0.15, 0.2) is 84.0 Å². The fourth-order valence-electron chi connectivity index (χ4n) is 2.78. The molecule has 156 valence electrons. The zero-order valence-electron chi connectivity index (χ0n) is 16.4. The van der Waals surface area contributed by atoms with Crippen LogP contribution in [-0.4, -0.2) is 34.2 Å². The van der Waals surface area contributed by atoms with Gasteiger partial charge >= 0.3 is 0 Å². The normalized spacial score (nSPS) is 11.1. The number of carbonyl (C=O) groups excluding carboxylic acids is 1. The zero-order chi connectivity index (χ0) is 21.8. The van der Waals surface area contributed by atoms with Crippen LogP contribution in [0.4, 0.5) is 17.2 Å². The minimum atomic E-state index is -3.82. The Bertz CT molecular complexity index is 1300.